The Labute approximate surface area is 147 Å². The third-order valence-electron chi connectivity index (χ3n) is 5.41. The van der Waals surface area contributed by atoms with E-state index in [0.29, 0.717) is 5.92 Å². The number of rotatable bonds is 2. The van der Waals surface area contributed by atoms with Gasteiger partial charge >= 0.3 is 0 Å². The zero-order valence-corrected chi connectivity index (χ0v) is 15.4. The molecule has 0 heterocycles. The first-order valence-corrected chi connectivity index (χ1v) is 9.15. The lowest BCUT2D eigenvalue weighted by Gasteiger charge is -2.35. The molecule has 1 unspecified atom stereocenters. The Morgan fingerprint density at radius 1 is 1.00 bits per heavy atom. The van der Waals surface area contributed by atoms with Gasteiger partial charge in [0.2, 0.25) is 0 Å². The number of benzene rings is 1. The second-order valence-corrected chi connectivity index (χ2v) is 8.14. The van der Waals surface area contributed by atoms with Gasteiger partial charge in [0, 0.05) is 11.3 Å². The van der Waals surface area contributed by atoms with Gasteiger partial charge in [0.05, 0.1) is 4.83 Å². The highest BCUT2D eigenvalue weighted by molar-refractivity contribution is 9.09. The largest absolute Gasteiger partial charge is 0.0786 e. The van der Waals surface area contributed by atoms with E-state index in [0.717, 1.165) is 0 Å². The van der Waals surface area contributed by atoms with Gasteiger partial charge in [-0.3, -0.25) is 0 Å². The summed E-state index contributed by atoms with van der Waals surface area (Å²) in [7, 11) is 0. The molecule has 1 atom stereocenters. The first-order chi connectivity index (χ1) is 11.0. The standard InChI is InChI=1S/C22H21Br/c1-14-12-19-18(13-15-8-4-7-11-17(15)21(19)23)20(14)22(2,3)16-9-5-6-10-16/h4-13,16,21H,1-3H3. The van der Waals surface area contributed by atoms with Crippen LogP contribution in [0.4, 0.5) is 0 Å². The van der Waals surface area contributed by atoms with Crippen LogP contribution in [0.3, 0.4) is 0 Å². The van der Waals surface area contributed by atoms with Gasteiger partial charge in [0.15, 0.2) is 0 Å². The number of alkyl halides is 1. The molecule has 3 aliphatic rings. The van der Waals surface area contributed by atoms with Crippen molar-refractivity contribution >= 4 is 22.0 Å². The zero-order valence-electron chi connectivity index (χ0n) is 13.8. The quantitative estimate of drug-likeness (QED) is 0.522. The molecular formula is C22H21Br. The Morgan fingerprint density at radius 3 is 2.43 bits per heavy atom. The summed E-state index contributed by atoms with van der Waals surface area (Å²) in [5, 5.41) is 0. The maximum atomic E-state index is 3.94. The fraction of sp³-hybridized carbons (Fsp3) is 0.273. The van der Waals surface area contributed by atoms with Crippen LogP contribution in [0, 0.1) is 11.3 Å². The molecule has 1 aromatic rings. The first kappa shape index (κ1) is 15.0. The number of hydrogen-bond donors (Lipinski definition) is 0. The fourth-order valence-electron chi connectivity index (χ4n) is 4.24. The molecule has 0 amide bonds. The highest BCUT2D eigenvalue weighted by Crippen LogP contribution is 2.54. The van der Waals surface area contributed by atoms with Crippen molar-refractivity contribution < 1.29 is 0 Å². The monoisotopic (exact) mass is 364 g/mol. The third kappa shape index (κ3) is 2.17. The summed E-state index contributed by atoms with van der Waals surface area (Å²) >= 11 is 3.94. The predicted octanol–water partition coefficient (Wildman–Crippen LogP) is 6.54. The zero-order chi connectivity index (χ0) is 16.2. The molecule has 0 N–H and O–H groups in total. The van der Waals surface area contributed by atoms with Gasteiger partial charge in [-0.05, 0) is 46.4 Å². The Bertz CT molecular complexity index is 815. The molecule has 0 aliphatic heterocycles. The van der Waals surface area contributed by atoms with Crippen LogP contribution in [0.25, 0.3) is 6.08 Å². The average molecular weight is 365 g/mol. The first-order valence-electron chi connectivity index (χ1n) is 8.23. The Hall–Kier alpha value is -1.60. The number of halogens is 1. The van der Waals surface area contributed by atoms with E-state index in [4.69, 9.17) is 0 Å². The van der Waals surface area contributed by atoms with E-state index in [2.05, 4.69) is 97.4 Å². The smallest absolute Gasteiger partial charge is 0.0656 e. The van der Waals surface area contributed by atoms with Gasteiger partial charge in [-0.25, -0.2) is 0 Å². The van der Waals surface area contributed by atoms with Crippen molar-refractivity contribution in [2.75, 3.05) is 0 Å². The molecule has 3 aliphatic carbocycles. The molecule has 1 heteroatoms. The normalized spacial score (nSPS) is 23.0. The molecule has 0 radical (unpaired) electrons. The second kappa shape index (κ2) is 5.21. The minimum atomic E-state index is 0.0939. The summed E-state index contributed by atoms with van der Waals surface area (Å²) in [6, 6.07) is 8.70. The Morgan fingerprint density at radius 2 is 1.70 bits per heavy atom. The third-order valence-corrected chi connectivity index (χ3v) is 6.40. The van der Waals surface area contributed by atoms with Crippen molar-refractivity contribution in [2.45, 2.75) is 25.6 Å². The lowest BCUT2D eigenvalue weighted by atomic mass is 9.69. The van der Waals surface area contributed by atoms with Crippen LogP contribution in [0.5, 0.6) is 0 Å². The van der Waals surface area contributed by atoms with Crippen molar-refractivity contribution in [3.05, 3.63) is 88.1 Å². The average Bonchev–Trinajstić information content (AvgIpc) is 3.15. The SMILES string of the molecule is CC1=C(C(C)(C)C2C=CC=C2)C2=Cc3ccccc3C(Br)C2=C1. The number of fused-ring (bicyclic) bond motifs is 2. The minimum absolute atomic E-state index is 0.0939. The van der Waals surface area contributed by atoms with Gasteiger partial charge in [-0.15, -0.1) is 0 Å². The van der Waals surface area contributed by atoms with Crippen molar-refractivity contribution in [2.24, 2.45) is 11.3 Å². The Kier molecular flexibility index (Phi) is 3.39. The molecule has 0 spiro atoms. The summed E-state index contributed by atoms with van der Waals surface area (Å²) in [4.78, 5) is 0.289. The number of allylic oxidation sites excluding steroid dienone is 9. The second-order valence-electron chi connectivity index (χ2n) is 7.22. The van der Waals surface area contributed by atoms with Gasteiger partial charge in [-0.2, -0.15) is 0 Å². The van der Waals surface area contributed by atoms with Crippen LogP contribution in [-0.4, -0.2) is 0 Å². The summed E-state index contributed by atoms with van der Waals surface area (Å²) < 4.78 is 0. The topological polar surface area (TPSA) is 0 Å². The summed E-state index contributed by atoms with van der Waals surface area (Å²) in [6.07, 6.45) is 13.7. The Balaban J connectivity index is 1.85. The van der Waals surface area contributed by atoms with Crippen molar-refractivity contribution in [3.63, 3.8) is 0 Å². The van der Waals surface area contributed by atoms with Crippen molar-refractivity contribution in [1.29, 1.82) is 0 Å². The van der Waals surface area contributed by atoms with Gasteiger partial charge < -0.3 is 0 Å². The molecule has 0 bridgehead atoms. The van der Waals surface area contributed by atoms with E-state index in [1.807, 2.05) is 0 Å². The molecule has 4 rings (SSSR count). The van der Waals surface area contributed by atoms with Crippen molar-refractivity contribution in [3.8, 4) is 0 Å². The van der Waals surface area contributed by atoms with E-state index in [1.165, 1.54) is 33.4 Å². The van der Waals surface area contributed by atoms with E-state index in [-0.39, 0.29) is 10.2 Å². The van der Waals surface area contributed by atoms with Gasteiger partial charge in [0.1, 0.15) is 0 Å². The van der Waals surface area contributed by atoms with E-state index in [1.54, 1.807) is 0 Å². The molecular weight excluding hydrogens is 344 g/mol. The fourth-order valence-corrected chi connectivity index (χ4v) is 5.03. The lowest BCUT2D eigenvalue weighted by Crippen LogP contribution is -2.25. The van der Waals surface area contributed by atoms with Crippen LogP contribution in [0.15, 0.2) is 76.9 Å². The molecule has 116 valence electrons. The highest BCUT2D eigenvalue weighted by atomic mass is 79.9. The lowest BCUT2D eigenvalue weighted by molar-refractivity contribution is 0.381. The van der Waals surface area contributed by atoms with Crippen LogP contribution in [0.1, 0.15) is 36.7 Å². The molecule has 0 nitrogen and oxygen atoms in total. The highest BCUT2D eigenvalue weighted by Gasteiger charge is 2.39. The number of hydrogen-bond acceptors (Lipinski definition) is 0. The van der Waals surface area contributed by atoms with Crippen LogP contribution in [0.2, 0.25) is 0 Å². The van der Waals surface area contributed by atoms with Gasteiger partial charge in [0.25, 0.3) is 0 Å². The summed E-state index contributed by atoms with van der Waals surface area (Å²) in [5.41, 5.74) is 8.53. The van der Waals surface area contributed by atoms with Gasteiger partial charge in [-0.1, -0.05) is 84.4 Å². The maximum absolute atomic E-state index is 3.94. The van der Waals surface area contributed by atoms with E-state index < -0.39 is 0 Å². The minimum Gasteiger partial charge on any atom is -0.0786 e. The molecule has 0 fully saturated rings. The van der Waals surface area contributed by atoms with E-state index in [9.17, 15) is 0 Å². The van der Waals surface area contributed by atoms with E-state index >= 15 is 0 Å². The van der Waals surface area contributed by atoms with Crippen molar-refractivity contribution in [1.82, 2.24) is 0 Å². The molecule has 0 aromatic heterocycles. The summed E-state index contributed by atoms with van der Waals surface area (Å²) in [6.45, 7) is 7.01. The van der Waals surface area contributed by atoms with Crippen LogP contribution >= 0.6 is 15.9 Å². The molecule has 23 heavy (non-hydrogen) atoms. The predicted molar refractivity (Wildman–Crippen MR) is 102 cm³/mol. The van der Waals surface area contributed by atoms with Crippen LogP contribution < -0.4 is 0 Å². The molecule has 0 saturated carbocycles. The molecule has 1 aromatic carbocycles. The maximum Gasteiger partial charge on any atom is 0.0656 e. The molecule has 0 saturated heterocycles. The summed E-state index contributed by atoms with van der Waals surface area (Å²) in [5.74, 6) is 0.465. The van der Waals surface area contributed by atoms with Crippen LogP contribution in [-0.2, 0) is 0 Å².